The lowest BCUT2D eigenvalue weighted by atomic mass is 9.83. The normalized spacial score (nSPS) is 31.5. The molecule has 0 aromatic heterocycles. The van der Waals surface area contributed by atoms with E-state index in [1.54, 1.807) is 0 Å². The lowest BCUT2D eigenvalue weighted by molar-refractivity contribution is -0.0198. The lowest BCUT2D eigenvalue weighted by Gasteiger charge is -2.33. The van der Waals surface area contributed by atoms with Crippen molar-refractivity contribution in [2.45, 2.75) is 45.1 Å². The van der Waals surface area contributed by atoms with Gasteiger partial charge in [0.05, 0.1) is 12.2 Å². The second kappa shape index (κ2) is 4.19. The molecule has 2 aliphatic rings. The minimum Gasteiger partial charge on any atom is -0.375 e. The van der Waals surface area contributed by atoms with E-state index in [1.165, 1.54) is 25.7 Å². The highest BCUT2D eigenvalue weighted by Gasteiger charge is 2.40. The van der Waals surface area contributed by atoms with Crippen molar-refractivity contribution < 1.29 is 4.74 Å². The molecule has 2 rings (SSSR count). The summed E-state index contributed by atoms with van der Waals surface area (Å²) in [5, 5.41) is 3.41. The standard InChI is InChI=1S/C12H23NO/c1-10(2)7-11-8-12(14-9-11)3-5-13-6-4-12/h10-11,13H,3-9H2,1-2H3. The van der Waals surface area contributed by atoms with Crippen molar-refractivity contribution in [1.29, 1.82) is 0 Å². The Morgan fingerprint density at radius 2 is 2.07 bits per heavy atom. The molecular weight excluding hydrogens is 174 g/mol. The average Bonchev–Trinajstić information content (AvgIpc) is 2.49. The third-order valence-electron chi connectivity index (χ3n) is 3.61. The summed E-state index contributed by atoms with van der Waals surface area (Å²) in [7, 11) is 0. The van der Waals surface area contributed by atoms with E-state index in [0.29, 0.717) is 0 Å². The van der Waals surface area contributed by atoms with Gasteiger partial charge in [-0.2, -0.15) is 0 Å². The first-order chi connectivity index (χ1) is 6.70. The lowest BCUT2D eigenvalue weighted by Crippen LogP contribution is -2.41. The van der Waals surface area contributed by atoms with E-state index in [9.17, 15) is 0 Å². The molecule has 1 spiro atoms. The van der Waals surface area contributed by atoms with Crippen molar-refractivity contribution in [3.8, 4) is 0 Å². The van der Waals surface area contributed by atoms with E-state index in [4.69, 9.17) is 4.74 Å². The van der Waals surface area contributed by atoms with E-state index in [-0.39, 0.29) is 5.60 Å². The van der Waals surface area contributed by atoms with E-state index < -0.39 is 0 Å². The molecule has 82 valence electrons. The second-order valence-electron chi connectivity index (χ2n) is 5.44. The Hall–Kier alpha value is -0.0800. The molecule has 1 N–H and O–H groups in total. The second-order valence-corrected chi connectivity index (χ2v) is 5.44. The van der Waals surface area contributed by atoms with Crippen LogP contribution in [0.2, 0.25) is 0 Å². The van der Waals surface area contributed by atoms with Gasteiger partial charge in [0.25, 0.3) is 0 Å². The van der Waals surface area contributed by atoms with Gasteiger partial charge >= 0.3 is 0 Å². The Labute approximate surface area is 87.4 Å². The Morgan fingerprint density at radius 1 is 1.36 bits per heavy atom. The van der Waals surface area contributed by atoms with E-state index in [2.05, 4.69) is 19.2 Å². The predicted octanol–water partition coefficient (Wildman–Crippen LogP) is 2.19. The molecule has 0 aromatic carbocycles. The number of nitrogens with one attached hydrogen (secondary N) is 1. The van der Waals surface area contributed by atoms with Gasteiger partial charge in [-0.05, 0) is 50.6 Å². The first-order valence-electron chi connectivity index (χ1n) is 6.05. The summed E-state index contributed by atoms with van der Waals surface area (Å²) in [6, 6.07) is 0. The molecule has 1 atom stereocenters. The molecular formula is C12H23NO. The molecule has 2 nitrogen and oxygen atoms in total. The number of hydrogen-bond donors (Lipinski definition) is 1. The van der Waals surface area contributed by atoms with Gasteiger partial charge in [0.2, 0.25) is 0 Å². The van der Waals surface area contributed by atoms with Gasteiger partial charge in [0, 0.05) is 0 Å². The minimum atomic E-state index is 0.269. The fourth-order valence-electron chi connectivity index (χ4n) is 2.99. The maximum atomic E-state index is 6.05. The Bertz CT molecular complexity index is 185. The van der Waals surface area contributed by atoms with Crippen LogP contribution in [0.4, 0.5) is 0 Å². The molecule has 2 saturated heterocycles. The van der Waals surface area contributed by atoms with Crippen LogP contribution in [-0.4, -0.2) is 25.3 Å². The van der Waals surface area contributed by atoms with Crippen molar-refractivity contribution in [3.05, 3.63) is 0 Å². The maximum Gasteiger partial charge on any atom is 0.0710 e. The van der Waals surface area contributed by atoms with E-state index in [0.717, 1.165) is 31.5 Å². The number of piperidine rings is 1. The van der Waals surface area contributed by atoms with Gasteiger partial charge in [-0.25, -0.2) is 0 Å². The van der Waals surface area contributed by atoms with Crippen LogP contribution in [0.15, 0.2) is 0 Å². The smallest absolute Gasteiger partial charge is 0.0710 e. The third kappa shape index (κ3) is 2.29. The van der Waals surface area contributed by atoms with Crippen LogP contribution in [0.25, 0.3) is 0 Å². The van der Waals surface area contributed by atoms with Gasteiger partial charge in [0.15, 0.2) is 0 Å². The summed E-state index contributed by atoms with van der Waals surface area (Å²) in [5.74, 6) is 1.65. The van der Waals surface area contributed by atoms with Crippen LogP contribution in [-0.2, 0) is 4.74 Å². The monoisotopic (exact) mass is 197 g/mol. The fourth-order valence-corrected chi connectivity index (χ4v) is 2.99. The Kier molecular flexibility index (Phi) is 3.13. The minimum absolute atomic E-state index is 0.269. The van der Waals surface area contributed by atoms with Crippen molar-refractivity contribution in [2.24, 2.45) is 11.8 Å². The number of hydrogen-bond acceptors (Lipinski definition) is 2. The number of rotatable bonds is 2. The zero-order valence-electron chi connectivity index (χ0n) is 9.51. The SMILES string of the molecule is CC(C)CC1COC2(CCNCC2)C1. The zero-order chi connectivity index (χ0) is 10.0. The molecule has 2 fully saturated rings. The van der Waals surface area contributed by atoms with Crippen LogP contribution in [0.3, 0.4) is 0 Å². The summed E-state index contributed by atoms with van der Waals surface area (Å²) in [6.45, 7) is 7.93. The van der Waals surface area contributed by atoms with Gasteiger partial charge in [-0.3, -0.25) is 0 Å². The van der Waals surface area contributed by atoms with Crippen molar-refractivity contribution in [3.63, 3.8) is 0 Å². The highest BCUT2D eigenvalue weighted by Crippen LogP contribution is 2.39. The molecule has 2 heteroatoms. The van der Waals surface area contributed by atoms with Crippen molar-refractivity contribution >= 4 is 0 Å². The molecule has 0 amide bonds. The average molecular weight is 197 g/mol. The molecule has 0 radical (unpaired) electrons. The van der Waals surface area contributed by atoms with Crippen molar-refractivity contribution in [2.75, 3.05) is 19.7 Å². The first kappa shape index (κ1) is 10.4. The Morgan fingerprint density at radius 3 is 2.71 bits per heavy atom. The van der Waals surface area contributed by atoms with E-state index in [1.807, 2.05) is 0 Å². The summed E-state index contributed by atoms with van der Waals surface area (Å²) in [4.78, 5) is 0. The third-order valence-corrected chi connectivity index (χ3v) is 3.61. The first-order valence-corrected chi connectivity index (χ1v) is 6.05. The largest absolute Gasteiger partial charge is 0.375 e. The van der Waals surface area contributed by atoms with Gasteiger partial charge in [0.1, 0.15) is 0 Å². The molecule has 14 heavy (non-hydrogen) atoms. The molecule has 1 unspecified atom stereocenters. The Balaban J connectivity index is 1.86. The molecule has 2 heterocycles. The summed E-state index contributed by atoms with van der Waals surface area (Å²) >= 11 is 0. The molecule has 2 aliphatic heterocycles. The molecule has 0 bridgehead atoms. The van der Waals surface area contributed by atoms with Crippen LogP contribution >= 0.6 is 0 Å². The molecule has 0 aromatic rings. The van der Waals surface area contributed by atoms with Gasteiger partial charge in [-0.1, -0.05) is 13.8 Å². The fraction of sp³-hybridized carbons (Fsp3) is 1.00. The number of ether oxygens (including phenoxy) is 1. The van der Waals surface area contributed by atoms with Crippen molar-refractivity contribution in [1.82, 2.24) is 5.32 Å². The van der Waals surface area contributed by atoms with Crippen LogP contribution in [0, 0.1) is 11.8 Å². The van der Waals surface area contributed by atoms with Gasteiger partial charge in [-0.15, -0.1) is 0 Å². The van der Waals surface area contributed by atoms with Crippen LogP contribution < -0.4 is 5.32 Å². The molecule has 0 aliphatic carbocycles. The topological polar surface area (TPSA) is 21.3 Å². The highest BCUT2D eigenvalue weighted by atomic mass is 16.5. The summed E-state index contributed by atoms with van der Waals surface area (Å²) < 4.78 is 6.05. The highest BCUT2D eigenvalue weighted by molar-refractivity contribution is 4.92. The summed E-state index contributed by atoms with van der Waals surface area (Å²) in [5.41, 5.74) is 0.269. The summed E-state index contributed by atoms with van der Waals surface area (Å²) in [6.07, 6.45) is 5.10. The predicted molar refractivity (Wildman–Crippen MR) is 58.3 cm³/mol. The zero-order valence-corrected chi connectivity index (χ0v) is 9.51. The molecule has 0 saturated carbocycles. The van der Waals surface area contributed by atoms with Crippen LogP contribution in [0.5, 0.6) is 0 Å². The maximum absolute atomic E-state index is 6.05. The van der Waals surface area contributed by atoms with Crippen LogP contribution in [0.1, 0.15) is 39.5 Å². The van der Waals surface area contributed by atoms with Gasteiger partial charge < -0.3 is 10.1 Å². The van der Waals surface area contributed by atoms with E-state index >= 15 is 0 Å². The quantitative estimate of drug-likeness (QED) is 0.732.